The summed E-state index contributed by atoms with van der Waals surface area (Å²) in [6, 6.07) is 23.3. The third kappa shape index (κ3) is 4.82. The second kappa shape index (κ2) is 9.33. The molecule has 5 heteroatoms. The summed E-state index contributed by atoms with van der Waals surface area (Å²) in [7, 11) is 0. The number of carbonyl (C=O) groups is 1. The topological polar surface area (TPSA) is 66.9 Å². The highest BCUT2D eigenvalue weighted by atomic mass is 16.1. The summed E-state index contributed by atoms with van der Waals surface area (Å²) in [5.41, 5.74) is 6.68. The van der Waals surface area contributed by atoms with Crippen LogP contribution in [0.2, 0.25) is 0 Å². The number of anilines is 1. The maximum Gasteiger partial charge on any atom is 0.279 e. The van der Waals surface area contributed by atoms with Crippen molar-refractivity contribution in [3.8, 4) is 28.1 Å². The maximum absolute atomic E-state index is 13.6. The average molecular weight is 440 g/mol. The van der Waals surface area contributed by atoms with Crippen molar-refractivity contribution in [2.24, 2.45) is 5.92 Å². The maximum atomic E-state index is 13.6. The Kier molecular flexibility index (Phi) is 6.31. The third-order valence-electron chi connectivity index (χ3n) is 5.60. The van der Waals surface area contributed by atoms with Crippen LogP contribution in [0.3, 0.4) is 0 Å². The molecule has 33 heavy (non-hydrogen) atoms. The molecule has 2 N–H and O–H groups in total. The zero-order chi connectivity index (χ0) is 23.5. The minimum absolute atomic E-state index is 0.0124. The van der Waals surface area contributed by atoms with E-state index >= 15 is 0 Å². The van der Waals surface area contributed by atoms with Gasteiger partial charge in [-0.05, 0) is 49.1 Å². The number of benzene rings is 3. The summed E-state index contributed by atoms with van der Waals surface area (Å²) >= 11 is 0. The molecule has 4 rings (SSSR count). The molecule has 0 saturated heterocycles. The van der Waals surface area contributed by atoms with Crippen molar-refractivity contribution in [2.45, 2.75) is 34.1 Å². The van der Waals surface area contributed by atoms with Gasteiger partial charge in [0.25, 0.3) is 5.56 Å². The Morgan fingerprint density at radius 3 is 2.27 bits per heavy atom. The van der Waals surface area contributed by atoms with E-state index in [1.165, 1.54) is 0 Å². The number of amides is 1. The van der Waals surface area contributed by atoms with Crippen molar-refractivity contribution >= 4 is 11.6 Å². The molecular weight excluding hydrogens is 410 g/mol. The van der Waals surface area contributed by atoms with Crippen molar-refractivity contribution in [1.82, 2.24) is 9.78 Å². The highest BCUT2D eigenvalue weighted by Gasteiger charge is 2.19. The first-order valence-corrected chi connectivity index (χ1v) is 11.2. The van der Waals surface area contributed by atoms with E-state index in [2.05, 4.69) is 16.5 Å². The van der Waals surface area contributed by atoms with Gasteiger partial charge in [0, 0.05) is 17.7 Å². The number of nitrogens with one attached hydrogen (secondary N) is 2. The predicted octanol–water partition coefficient (Wildman–Crippen LogP) is 6.10. The standard InChI is InChI=1S/C28H29N3O2/c1-18(2)16-25(32)29-23-13-11-21(12-14-23)26-27(22-8-6-5-7-9-22)30-31(28(26)33)24-15-10-19(3)17-20(24)4/h5-15,17-18,30H,16H2,1-4H3,(H,29,32). The molecule has 1 amide bonds. The summed E-state index contributed by atoms with van der Waals surface area (Å²) in [5.74, 6) is 0.280. The summed E-state index contributed by atoms with van der Waals surface area (Å²) in [4.78, 5) is 25.8. The fourth-order valence-electron chi connectivity index (χ4n) is 4.05. The van der Waals surface area contributed by atoms with Gasteiger partial charge >= 0.3 is 0 Å². The van der Waals surface area contributed by atoms with E-state index in [0.29, 0.717) is 17.9 Å². The van der Waals surface area contributed by atoms with Crippen molar-refractivity contribution < 1.29 is 4.79 Å². The van der Waals surface area contributed by atoms with E-state index in [0.717, 1.165) is 39.3 Å². The minimum atomic E-state index is -0.114. The summed E-state index contributed by atoms with van der Waals surface area (Å²) in [5, 5.41) is 6.27. The van der Waals surface area contributed by atoms with E-state index in [-0.39, 0.29) is 11.5 Å². The molecule has 0 aliphatic heterocycles. The Labute approximate surface area is 194 Å². The number of aromatic nitrogens is 2. The van der Waals surface area contributed by atoms with Crippen LogP contribution in [-0.2, 0) is 4.79 Å². The average Bonchev–Trinajstić information content (AvgIpc) is 3.11. The predicted molar refractivity (Wildman–Crippen MR) is 135 cm³/mol. The van der Waals surface area contributed by atoms with Crippen LogP contribution in [0.5, 0.6) is 0 Å². The lowest BCUT2D eigenvalue weighted by Gasteiger charge is -2.08. The van der Waals surface area contributed by atoms with E-state index in [1.807, 2.05) is 94.4 Å². The van der Waals surface area contributed by atoms with Crippen LogP contribution in [0, 0.1) is 19.8 Å². The molecule has 0 saturated carbocycles. The molecule has 0 unspecified atom stereocenters. The van der Waals surface area contributed by atoms with Crippen LogP contribution in [0.15, 0.2) is 77.6 Å². The Balaban J connectivity index is 1.80. The summed E-state index contributed by atoms with van der Waals surface area (Å²) < 4.78 is 1.62. The van der Waals surface area contributed by atoms with Crippen LogP contribution in [-0.4, -0.2) is 15.7 Å². The minimum Gasteiger partial charge on any atom is -0.326 e. The molecule has 0 radical (unpaired) electrons. The second-order valence-corrected chi connectivity index (χ2v) is 8.88. The molecule has 1 heterocycles. The highest BCUT2D eigenvalue weighted by molar-refractivity contribution is 5.91. The zero-order valence-corrected chi connectivity index (χ0v) is 19.5. The van der Waals surface area contributed by atoms with Crippen molar-refractivity contribution in [3.63, 3.8) is 0 Å². The Bertz CT molecular complexity index is 1330. The molecule has 0 bridgehead atoms. The lowest BCUT2D eigenvalue weighted by molar-refractivity contribution is -0.116. The normalized spacial score (nSPS) is 11.1. The number of carbonyl (C=O) groups excluding carboxylic acids is 1. The van der Waals surface area contributed by atoms with Crippen molar-refractivity contribution in [3.05, 3.63) is 94.3 Å². The first-order chi connectivity index (χ1) is 15.8. The number of H-pyrrole nitrogens is 1. The largest absolute Gasteiger partial charge is 0.326 e. The van der Waals surface area contributed by atoms with E-state index in [4.69, 9.17) is 0 Å². The van der Waals surface area contributed by atoms with Gasteiger partial charge in [-0.2, -0.15) is 0 Å². The van der Waals surface area contributed by atoms with Crippen LogP contribution in [0.25, 0.3) is 28.1 Å². The third-order valence-corrected chi connectivity index (χ3v) is 5.60. The van der Waals surface area contributed by atoms with Gasteiger partial charge in [0.2, 0.25) is 5.91 Å². The molecule has 0 aliphatic rings. The number of hydrogen-bond acceptors (Lipinski definition) is 2. The lowest BCUT2D eigenvalue weighted by Crippen LogP contribution is -2.16. The number of hydrogen-bond donors (Lipinski definition) is 2. The monoisotopic (exact) mass is 439 g/mol. The van der Waals surface area contributed by atoms with Gasteiger partial charge in [-0.1, -0.05) is 74.0 Å². The molecule has 1 aromatic heterocycles. The number of aromatic amines is 1. The molecule has 5 nitrogen and oxygen atoms in total. The highest BCUT2D eigenvalue weighted by Crippen LogP contribution is 2.30. The molecule has 0 aliphatic carbocycles. The first kappa shape index (κ1) is 22.3. The van der Waals surface area contributed by atoms with Crippen LogP contribution in [0.4, 0.5) is 5.69 Å². The molecule has 3 aromatic carbocycles. The van der Waals surface area contributed by atoms with Crippen molar-refractivity contribution in [1.29, 1.82) is 0 Å². The molecule has 168 valence electrons. The van der Waals surface area contributed by atoms with Crippen LogP contribution >= 0.6 is 0 Å². The SMILES string of the molecule is Cc1ccc(-n2[nH]c(-c3ccccc3)c(-c3ccc(NC(=O)CC(C)C)cc3)c2=O)c(C)c1. The number of nitrogens with zero attached hydrogens (tertiary/aromatic N) is 1. The Morgan fingerprint density at radius 1 is 0.939 bits per heavy atom. The number of aryl methyl sites for hydroxylation is 2. The summed E-state index contributed by atoms with van der Waals surface area (Å²) in [6.45, 7) is 8.07. The Hall–Kier alpha value is -3.86. The fourth-order valence-corrected chi connectivity index (χ4v) is 4.05. The quantitative estimate of drug-likeness (QED) is 0.381. The molecule has 0 spiro atoms. The van der Waals surface area contributed by atoms with Gasteiger partial charge in [-0.3, -0.25) is 14.7 Å². The zero-order valence-electron chi connectivity index (χ0n) is 19.5. The van der Waals surface area contributed by atoms with E-state index in [9.17, 15) is 9.59 Å². The summed E-state index contributed by atoms with van der Waals surface area (Å²) in [6.07, 6.45) is 0.471. The van der Waals surface area contributed by atoms with Gasteiger partial charge in [0.1, 0.15) is 0 Å². The van der Waals surface area contributed by atoms with Gasteiger partial charge in [-0.15, -0.1) is 0 Å². The Morgan fingerprint density at radius 2 is 1.64 bits per heavy atom. The van der Waals surface area contributed by atoms with Crippen LogP contribution in [0.1, 0.15) is 31.4 Å². The fraction of sp³-hybridized carbons (Fsp3) is 0.214. The molecule has 0 fully saturated rings. The van der Waals surface area contributed by atoms with E-state index < -0.39 is 0 Å². The smallest absolute Gasteiger partial charge is 0.279 e. The van der Waals surface area contributed by atoms with Gasteiger partial charge < -0.3 is 5.32 Å². The molecule has 0 atom stereocenters. The second-order valence-electron chi connectivity index (χ2n) is 8.88. The molecule has 4 aromatic rings. The van der Waals surface area contributed by atoms with Gasteiger partial charge in [0.05, 0.1) is 16.9 Å². The lowest BCUT2D eigenvalue weighted by atomic mass is 10.0. The first-order valence-electron chi connectivity index (χ1n) is 11.2. The van der Waals surface area contributed by atoms with Crippen LogP contribution < -0.4 is 10.9 Å². The molecular formula is C28H29N3O2. The van der Waals surface area contributed by atoms with Crippen molar-refractivity contribution in [2.75, 3.05) is 5.32 Å². The van der Waals surface area contributed by atoms with Gasteiger partial charge in [-0.25, -0.2) is 4.68 Å². The van der Waals surface area contributed by atoms with E-state index in [1.54, 1.807) is 4.68 Å². The van der Waals surface area contributed by atoms with Gasteiger partial charge in [0.15, 0.2) is 0 Å². The number of rotatable bonds is 6.